The van der Waals surface area contributed by atoms with Gasteiger partial charge in [0.1, 0.15) is 42.3 Å². The summed E-state index contributed by atoms with van der Waals surface area (Å²) in [5, 5.41) is 2.99. The van der Waals surface area contributed by atoms with E-state index in [0.717, 1.165) is 49.9 Å². The third-order valence-electron chi connectivity index (χ3n) is 5.86. The molecule has 160 valence electrons. The number of nitrogens with one attached hydrogen (secondary N) is 1. The van der Waals surface area contributed by atoms with Crippen molar-refractivity contribution in [2.75, 3.05) is 41.3 Å². The highest BCUT2D eigenvalue weighted by Gasteiger charge is 2.27. The second-order valence-corrected chi connectivity index (χ2v) is 7.93. The van der Waals surface area contributed by atoms with Crippen LogP contribution in [-0.4, -0.2) is 61.6 Å². The van der Waals surface area contributed by atoms with Crippen molar-refractivity contribution in [3.63, 3.8) is 0 Å². The first-order valence-corrected chi connectivity index (χ1v) is 10.7. The number of nitrogens with zero attached hydrogens (tertiary/aromatic N) is 8. The Bertz CT molecular complexity index is 1030. The normalized spacial score (nSPS) is 18.9. The minimum atomic E-state index is -0.134. The van der Waals surface area contributed by atoms with Crippen LogP contribution in [0.3, 0.4) is 0 Å². The molecule has 1 amide bonds. The summed E-state index contributed by atoms with van der Waals surface area (Å²) in [6, 6.07) is 3.79. The lowest BCUT2D eigenvalue weighted by molar-refractivity contribution is -0.120. The van der Waals surface area contributed by atoms with E-state index in [1.54, 1.807) is 18.9 Å². The van der Waals surface area contributed by atoms with Crippen LogP contribution in [0.4, 0.5) is 17.5 Å². The van der Waals surface area contributed by atoms with Crippen molar-refractivity contribution in [2.45, 2.75) is 25.7 Å². The summed E-state index contributed by atoms with van der Waals surface area (Å²) >= 11 is 0. The van der Waals surface area contributed by atoms with Crippen LogP contribution in [0, 0.1) is 5.92 Å². The summed E-state index contributed by atoms with van der Waals surface area (Å²) < 4.78 is 1.84. The zero-order chi connectivity index (χ0) is 21.0. The van der Waals surface area contributed by atoms with Crippen LogP contribution in [0.25, 0.3) is 5.82 Å². The smallest absolute Gasteiger partial charge is 0.230 e. The summed E-state index contributed by atoms with van der Waals surface area (Å²) in [4.78, 5) is 38.8. The molecule has 2 saturated heterocycles. The van der Waals surface area contributed by atoms with E-state index in [1.807, 2.05) is 22.9 Å². The van der Waals surface area contributed by atoms with Crippen LogP contribution in [0.2, 0.25) is 0 Å². The molecule has 5 rings (SSSR count). The van der Waals surface area contributed by atoms with Gasteiger partial charge in [0.05, 0.1) is 5.92 Å². The molecule has 3 aromatic rings. The molecule has 0 aliphatic carbocycles. The Hall–Kier alpha value is -3.56. The van der Waals surface area contributed by atoms with Gasteiger partial charge in [-0.25, -0.2) is 24.9 Å². The molecule has 3 aromatic heterocycles. The number of piperidine rings is 1. The summed E-state index contributed by atoms with van der Waals surface area (Å²) in [6.45, 7) is 3.47. The van der Waals surface area contributed by atoms with Gasteiger partial charge in [0, 0.05) is 50.7 Å². The largest absolute Gasteiger partial charge is 0.356 e. The van der Waals surface area contributed by atoms with Gasteiger partial charge in [0.15, 0.2) is 0 Å². The summed E-state index contributed by atoms with van der Waals surface area (Å²) in [6.07, 6.45) is 12.4. The highest BCUT2D eigenvalue weighted by atomic mass is 16.2. The van der Waals surface area contributed by atoms with Crippen LogP contribution in [0.5, 0.6) is 0 Å². The topological polar surface area (TPSA) is 105 Å². The molecule has 1 atom stereocenters. The van der Waals surface area contributed by atoms with E-state index in [9.17, 15) is 4.79 Å². The van der Waals surface area contributed by atoms with Crippen LogP contribution >= 0.6 is 0 Å². The maximum atomic E-state index is 13.0. The van der Waals surface area contributed by atoms with Gasteiger partial charge in [0.2, 0.25) is 5.91 Å². The maximum Gasteiger partial charge on any atom is 0.230 e. The van der Waals surface area contributed by atoms with E-state index in [1.165, 1.54) is 19.2 Å². The molecule has 31 heavy (non-hydrogen) atoms. The molecule has 0 bridgehead atoms. The van der Waals surface area contributed by atoms with Crippen molar-refractivity contribution in [3.05, 3.63) is 43.5 Å². The first kappa shape index (κ1) is 19.4. The molecular weight excluding hydrogens is 394 g/mol. The van der Waals surface area contributed by atoms with Crippen molar-refractivity contribution in [2.24, 2.45) is 5.92 Å². The number of imidazole rings is 1. The van der Waals surface area contributed by atoms with E-state index >= 15 is 0 Å². The van der Waals surface area contributed by atoms with Crippen molar-refractivity contribution < 1.29 is 4.79 Å². The number of hydrogen-bond donors (Lipinski definition) is 1. The molecule has 2 fully saturated rings. The number of carbonyl (C=O) groups is 1. The van der Waals surface area contributed by atoms with Crippen LogP contribution in [0.15, 0.2) is 43.5 Å². The Balaban J connectivity index is 1.26. The Morgan fingerprint density at radius 3 is 2.45 bits per heavy atom. The average molecular weight is 419 g/mol. The third kappa shape index (κ3) is 4.32. The molecule has 0 radical (unpaired) electrons. The number of carbonyl (C=O) groups excluding carboxylic acids is 1. The average Bonchev–Trinajstić information content (AvgIpc) is 3.54. The fraction of sp³-hybridized carbons (Fsp3) is 0.429. The Morgan fingerprint density at radius 2 is 1.65 bits per heavy atom. The Morgan fingerprint density at radius 1 is 0.903 bits per heavy atom. The summed E-state index contributed by atoms with van der Waals surface area (Å²) in [5.41, 5.74) is 0. The van der Waals surface area contributed by atoms with Gasteiger partial charge in [-0.15, -0.1) is 0 Å². The standard InChI is InChI=1S/C21H25N9O/c31-21(27-17-10-18(24-13-23-17)28-6-1-2-7-28)16-4-3-8-29(12-16)19-11-20(26-14-25-19)30-9-5-22-15-30/h5,9-11,13-16H,1-4,6-8,12H2,(H,23,24,27,31). The van der Waals surface area contributed by atoms with Gasteiger partial charge < -0.3 is 15.1 Å². The van der Waals surface area contributed by atoms with E-state index in [0.29, 0.717) is 12.4 Å². The molecule has 10 heteroatoms. The minimum Gasteiger partial charge on any atom is -0.356 e. The molecule has 1 N–H and O–H groups in total. The second-order valence-electron chi connectivity index (χ2n) is 7.93. The van der Waals surface area contributed by atoms with Gasteiger partial charge in [-0.1, -0.05) is 0 Å². The van der Waals surface area contributed by atoms with E-state index in [4.69, 9.17) is 0 Å². The quantitative estimate of drug-likeness (QED) is 0.669. The van der Waals surface area contributed by atoms with Crippen LogP contribution in [0.1, 0.15) is 25.7 Å². The highest BCUT2D eigenvalue weighted by Crippen LogP contribution is 2.24. The number of aromatic nitrogens is 6. The maximum absolute atomic E-state index is 13.0. The zero-order valence-corrected chi connectivity index (χ0v) is 17.3. The van der Waals surface area contributed by atoms with Gasteiger partial charge in [-0.3, -0.25) is 9.36 Å². The van der Waals surface area contributed by atoms with Crippen molar-refractivity contribution in [1.82, 2.24) is 29.5 Å². The van der Waals surface area contributed by atoms with E-state index in [2.05, 4.69) is 40.0 Å². The number of hydrogen-bond acceptors (Lipinski definition) is 8. The Kier molecular flexibility index (Phi) is 5.42. The first-order chi connectivity index (χ1) is 15.3. The number of rotatable bonds is 5. The van der Waals surface area contributed by atoms with Gasteiger partial charge >= 0.3 is 0 Å². The van der Waals surface area contributed by atoms with E-state index in [-0.39, 0.29) is 11.8 Å². The fourth-order valence-electron chi connectivity index (χ4n) is 4.21. The number of anilines is 3. The SMILES string of the molecule is O=C(Nc1cc(N2CCCC2)ncn1)C1CCCN(c2cc(-n3ccnc3)ncn2)C1. The van der Waals surface area contributed by atoms with Crippen molar-refractivity contribution >= 4 is 23.4 Å². The highest BCUT2D eigenvalue weighted by molar-refractivity contribution is 5.92. The molecule has 2 aliphatic rings. The van der Waals surface area contributed by atoms with Gasteiger partial charge in [-0.05, 0) is 25.7 Å². The van der Waals surface area contributed by atoms with Crippen molar-refractivity contribution in [1.29, 1.82) is 0 Å². The van der Waals surface area contributed by atoms with Crippen molar-refractivity contribution in [3.8, 4) is 5.82 Å². The molecule has 0 saturated carbocycles. The number of amides is 1. The van der Waals surface area contributed by atoms with E-state index < -0.39 is 0 Å². The minimum absolute atomic E-state index is 0.0142. The lowest BCUT2D eigenvalue weighted by Crippen LogP contribution is -2.41. The van der Waals surface area contributed by atoms with Gasteiger partial charge in [0.25, 0.3) is 0 Å². The monoisotopic (exact) mass is 419 g/mol. The predicted molar refractivity (Wildman–Crippen MR) is 116 cm³/mol. The molecule has 0 aromatic carbocycles. The lowest BCUT2D eigenvalue weighted by Gasteiger charge is -2.32. The molecule has 1 unspecified atom stereocenters. The lowest BCUT2D eigenvalue weighted by atomic mass is 9.97. The molecule has 2 aliphatic heterocycles. The third-order valence-corrected chi connectivity index (χ3v) is 5.86. The molecule has 10 nitrogen and oxygen atoms in total. The summed E-state index contributed by atoms with van der Waals surface area (Å²) in [7, 11) is 0. The zero-order valence-electron chi connectivity index (χ0n) is 17.3. The van der Waals surface area contributed by atoms with Crippen LogP contribution < -0.4 is 15.1 Å². The molecular formula is C21H25N9O. The first-order valence-electron chi connectivity index (χ1n) is 10.7. The second kappa shape index (κ2) is 8.66. The van der Waals surface area contributed by atoms with Crippen LogP contribution in [-0.2, 0) is 4.79 Å². The fourth-order valence-corrected chi connectivity index (χ4v) is 4.21. The predicted octanol–water partition coefficient (Wildman–Crippen LogP) is 1.91. The molecule has 5 heterocycles. The molecule has 0 spiro atoms. The Labute approximate surface area is 180 Å². The summed E-state index contributed by atoms with van der Waals surface area (Å²) in [5.74, 6) is 2.86. The van der Waals surface area contributed by atoms with Gasteiger partial charge in [-0.2, -0.15) is 0 Å².